The molecule has 0 spiro atoms. The van der Waals surface area contributed by atoms with Crippen LogP contribution in [0, 0.1) is 10.1 Å². The summed E-state index contributed by atoms with van der Waals surface area (Å²) in [5.41, 5.74) is 2.10. The van der Waals surface area contributed by atoms with Crippen molar-refractivity contribution in [2.45, 2.75) is 37.2 Å². The normalized spacial score (nSPS) is 10.8. The summed E-state index contributed by atoms with van der Waals surface area (Å²) >= 11 is 1.58. The van der Waals surface area contributed by atoms with Crippen molar-refractivity contribution >= 4 is 17.4 Å². The standard InChI is InChI=1S/C20H22N4O3S/c1-3-4-13-23-19(16-7-11-18(27-2)12-8-16)21-22-20(23)28-14-15-5-9-17(10-6-15)24(25)26/h5-12H,3-4,13-14H2,1-2H3. The molecule has 0 saturated heterocycles. The quantitative estimate of drug-likeness (QED) is 0.288. The first-order chi connectivity index (χ1) is 13.6. The predicted octanol–water partition coefficient (Wildman–Crippen LogP) is 4.95. The first kappa shape index (κ1) is 19.9. The Balaban J connectivity index is 1.79. The number of methoxy groups -OCH3 is 1. The highest BCUT2D eigenvalue weighted by Crippen LogP contribution is 2.28. The third-order valence-corrected chi connectivity index (χ3v) is 5.35. The summed E-state index contributed by atoms with van der Waals surface area (Å²) in [6.45, 7) is 2.99. The number of unbranched alkanes of at least 4 members (excludes halogenated alkanes) is 1. The number of hydrogen-bond acceptors (Lipinski definition) is 6. The molecule has 3 rings (SSSR count). The molecule has 8 heteroatoms. The Morgan fingerprint density at radius 3 is 2.43 bits per heavy atom. The van der Waals surface area contributed by atoms with Gasteiger partial charge in [0.05, 0.1) is 12.0 Å². The molecule has 0 aliphatic rings. The van der Waals surface area contributed by atoms with Gasteiger partial charge in [0, 0.05) is 30.0 Å². The van der Waals surface area contributed by atoms with E-state index in [1.54, 1.807) is 31.0 Å². The Labute approximate surface area is 167 Å². The molecule has 0 N–H and O–H groups in total. The van der Waals surface area contributed by atoms with Crippen LogP contribution < -0.4 is 4.74 Å². The molecular weight excluding hydrogens is 376 g/mol. The number of ether oxygens (including phenoxy) is 1. The van der Waals surface area contributed by atoms with Crippen molar-refractivity contribution in [3.63, 3.8) is 0 Å². The minimum atomic E-state index is -0.389. The monoisotopic (exact) mass is 398 g/mol. The fraction of sp³-hybridized carbons (Fsp3) is 0.300. The molecule has 0 unspecified atom stereocenters. The second-order valence-electron chi connectivity index (χ2n) is 6.25. The van der Waals surface area contributed by atoms with Gasteiger partial charge in [0.25, 0.3) is 5.69 Å². The molecule has 0 bridgehead atoms. The number of hydrogen-bond donors (Lipinski definition) is 0. The Morgan fingerprint density at radius 2 is 1.82 bits per heavy atom. The van der Waals surface area contributed by atoms with E-state index in [0.717, 1.165) is 47.2 Å². The number of thioether (sulfide) groups is 1. The second kappa shape index (κ2) is 9.36. The summed E-state index contributed by atoms with van der Waals surface area (Å²) in [5, 5.41) is 20.4. The highest BCUT2D eigenvalue weighted by molar-refractivity contribution is 7.98. The zero-order valence-corrected chi connectivity index (χ0v) is 16.7. The Kier molecular flexibility index (Phi) is 6.65. The van der Waals surface area contributed by atoms with Crippen LogP contribution in [0.2, 0.25) is 0 Å². The number of rotatable bonds is 9. The van der Waals surface area contributed by atoms with Crippen LogP contribution in [0.4, 0.5) is 5.69 Å². The van der Waals surface area contributed by atoms with Crippen LogP contribution >= 0.6 is 11.8 Å². The largest absolute Gasteiger partial charge is 0.497 e. The molecule has 146 valence electrons. The lowest BCUT2D eigenvalue weighted by atomic mass is 10.2. The molecule has 7 nitrogen and oxygen atoms in total. The predicted molar refractivity (Wildman–Crippen MR) is 110 cm³/mol. The van der Waals surface area contributed by atoms with Crippen molar-refractivity contribution in [3.05, 3.63) is 64.2 Å². The van der Waals surface area contributed by atoms with Crippen LogP contribution in [0.15, 0.2) is 53.7 Å². The van der Waals surface area contributed by atoms with Gasteiger partial charge in [-0.05, 0) is 36.2 Å². The molecule has 0 radical (unpaired) electrons. The molecule has 0 aliphatic heterocycles. The van der Waals surface area contributed by atoms with E-state index in [1.807, 2.05) is 24.3 Å². The maximum Gasteiger partial charge on any atom is 0.269 e. The number of nitro groups is 1. The molecule has 2 aromatic carbocycles. The molecule has 0 amide bonds. The van der Waals surface area contributed by atoms with Gasteiger partial charge >= 0.3 is 0 Å². The average Bonchev–Trinajstić information content (AvgIpc) is 3.13. The smallest absolute Gasteiger partial charge is 0.269 e. The Morgan fingerprint density at radius 1 is 1.11 bits per heavy atom. The van der Waals surface area contributed by atoms with Gasteiger partial charge in [0.1, 0.15) is 5.75 Å². The number of aromatic nitrogens is 3. The highest BCUT2D eigenvalue weighted by Gasteiger charge is 2.15. The Bertz CT molecular complexity index is 924. The lowest BCUT2D eigenvalue weighted by Crippen LogP contribution is -2.02. The van der Waals surface area contributed by atoms with Crippen molar-refractivity contribution in [2.75, 3.05) is 7.11 Å². The summed E-state index contributed by atoms with van der Waals surface area (Å²) in [5.74, 6) is 2.31. The second-order valence-corrected chi connectivity index (χ2v) is 7.19. The summed E-state index contributed by atoms with van der Waals surface area (Å²) < 4.78 is 7.37. The molecule has 28 heavy (non-hydrogen) atoms. The van der Waals surface area contributed by atoms with E-state index in [0.29, 0.717) is 5.75 Å². The minimum Gasteiger partial charge on any atom is -0.497 e. The van der Waals surface area contributed by atoms with Crippen molar-refractivity contribution in [1.29, 1.82) is 0 Å². The van der Waals surface area contributed by atoms with E-state index in [2.05, 4.69) is 21.7 Å². The highest BCUT2D eigenvalue weighted by atomic mass is 32.2. The maximum atomic E-state index is 10.8. The number of benzene rings is 2. The molecule has 1 aromatic heterocycles. The zero-order valence-electron chi connectivity index (χ0n) is 15.9. The fourth-order valence-electron chi connectivity index (χ4n) is 2.73. The van der Waals surface area contributed by atoms with Crippen LogP contribution in [0.25, 0.3) is 11.4 Å². The molecule has 1 heterocycles. The van der Waals surface area contributed by atoms with Gasteiger partial charge in [0.2, 0.25) is 0 Å². The van der Waals surface area contributed by atoms with Gasteiger partial charge < -0.3 is 9.30 Å². The van der Waals surface area contributed by atoms with E-state index >= 15 is 0 Å². The maximum absolute atomic E-state index is 10.8. The van der Waals surface area contributed by atoms with E-state index in [4.69, 9.17) is 4.74 Å². The molecule has 0 aliphatic carbocycles. The van der Waals surface area contributed by atoms with Gasteiger partial charge in [-0.25, -0.2) is 0 Å². The molecule has 0 saturated carbocycles. The third kappa shape index (κ3) is 4.69. The van der Waals surface area contributed by atoms with Crippen LogP contribution in [0.1, 0.15) is 25.3 Å². The van der Waals surface area contributed by atoms with Gasteiger partial charge in [-0.3, -0.25) is 10.1 Å². The molecule has 0 fully saturated rings. The van der Waals surface area contributed by atoms with Crippen molar-refractivity contribution in [2.24, 2.45) is 0 Å². The lowest BCUT2D eigenvalue weighted by molar-refractivity contribution is -0.384. The lowest BCUT2D eigenvalue weighted by Gasteiger charge is -2.10. The van der Waals surface area contributed by atoms with Crippen molar-refractivity contribution in [3.8, 4) is 17.1 Å². The number of non-ortho nitro benzene ring substituents is 1. The van der Waals surface area contributed by atoms with Gasteiger partial charge in [-0.15, -0.1) is 10.2 Å². The van der Waals surface area contributed by atoms with Crippen LogP contribution in [0.5, 0.6) is 5.75 Å². The van der Waals surface area contributed by atoms with Crippen LogP contribution in [-0.4, -0.2) is 26.8 Å². The van der Waals surface area contributed by atoms with Crippen LogP contribution in [-0.2, 0) is 12.3 Å². The first-order valence-electron chi connectivity index (χ1n) is 9.06. The van der Waals surface area contributed by atoms with Crippen molar-refractivity contribution in [1.82, 2.24) is 14.8 Å². The van der Waals surface area contributed by atoms with E-state index in [-0.39, 0.29) is 10.6 Å². The number of nitrogens with zero attached hydrogens (tertiary/aromatic N) is 4. The summed E-state index contributed by atoms with van der Waals surface area (Å²) in [7, 11) is 1.64. The van der Waals surface area contributed by atoms with Crippen molar-refractivity contribution < 1.29 is 9.66 Å². The Hall–Kier alpha value is -2.87. The minimum absolute atomic E-state index is 0.0988. The zero-order chi connectivity index (χ0) is 19.9. The summed E-state index contributed by atoms with van der Waals surface area (Å²) in [6.07, 6.45) is 2.11. The SMILES string of the molecule is CCCCn1c(SCc2ccc([N+](=O)[O-])cc2)nnc1-c1ccc(OC)cc1. The first-order valence-corrected chi connectivity index (χ1v) is 10.0. The molecule has 0 atom stereocenters. The average molecular weight is 398 g/mol. The number of nitro benzene ring substituents is 1. The summed E-state index contributed by atoms with van der Waals surface area (Å²) in [6, 6.07) is 14.4. The van der Waals surface area contributed by atoms with Gasteiger partial charge in [0.15, 0.2) is 11.0 Å². The topological polar surface area (TPSA) is 83.1 Å². The van der Waals surface area contributed by atoms with Gasteiger partial charge in [-0.2, -0.15) is 0 Å². The van der Waals surface area contributed by atoms with Crippen LogP contribution in [0.3, 0.4) is 0 Å². The third-order valence-electron chi connectivity index (χ3n) is 4.32. The van der Waals surface area contributed by atoms with E-state index in [1.165, 1.54) is 12.1 Å². The summed E-state index contributed by atoms with van der Waals surface area (Å²) in [4.78, 5) is 10.4. The van der Waals surface area contributed by atoms with E-state index < -0.39 is 0 Å². The molecule has 3 aromatic rings. The molecular formula is C20H22N4O3S. The van der Waals surface area contributed by atoms with Gasteiger partial charge in [-0.1, -0.05) is 37.2 Å². The van der Waals surface area contributed by atoms with E-state index in [9.17, 15) is 10.1 Å². The fourth-order valence-corrected chi connectivity index (χ4v) is 3.65.